The van der Waals surface area contributed by atoms with Gasteiger partial charge in [0.15, 0.2) is 4.73 Å². The van der Waals surface area contributed by atoms with Crippen molar-refractivity contribution in [2.24, 2.45) is 0 Å². The van der Waals surface area contributed by atoms with E-state index in [1.807, 2.05) is 13.0 Å². The largest absolute Gasteiger partial charge is 0.508 e. The van der Waals surface area contributed by atoms with Crippen molar-refractivity contribution in [3.63, 3.8) is 0 Å². The Morgan fingerprint density at radius 1 is 1.31 bits per heavy atom. The van der Waals surface area contributed by atoms with Gasteiger partial charge in [-0.15, -0.1) is 0 Å². The summed E-state index contributed by atoms with van der Waals surface area (Å²) < 4.78 is 0.545. The molecule has 0 fully saturated rings. The fourth-order valence-corrected chi connectivity index (χ4v) is 1.70. The number of aromatic hydroxyl groups is 1. The molecule has 0 saturated carbocycles. The summed E-state index contributed by atoms with van der Waals surface area (Å²) in [6.45, 7) is 1.91. The predicted molar refractivity (Wildman–Crippen MR) is 53.6 cm³/mol. The number of rotatable bonds is 0. The first-order valence-corrected chi connectivity index (χ1v) is 4.59. The second-order valence-corrected chi connectivity index (χ2v) is 3.49. The molecule has 0 aliphatic rings. The number of hydrogen-bond donors (Lipinski definition) is 1. The zero-order valence-corrected chi connectivity index (χ0v) is 8.54. The molecule has 0 aliphatic heterocycles. The molecule has 0 spiro atoms. The molecule has 1 aromatic heterocycles. The second-order valence-electron chi connectivity index (χ2n) is 2.78. The molecule has 0 unspecified atom stereocenters. The number of halogens is 1. The van der Waals surface area contributed by atoms with Crippen LogP contribution in [0.25, 0.3) is 10.9 Å². The highest BCUT2D eigenvalue weighted by atomic mass is 79.9. The third-order valence-electron chi connectivity index (χ3n) is 1.84. The first-order chi connectivity index (χ1) is 6.16. The van der Waals surface area contributed by atoms with Crippen LogP contribution < -0.4 is 0 Å². The zero-order chi connectivity index (χ0) is 9.42. The summed E-state index contributed by atoms with van der Waals surface area (Å²) in [5, 5.41) is 10.2. The first-order valence-electron chi connectivity index (χ1n) is 3.80. The maximum absolute atomic E-state index is 9.24. The van der Waals surface area contributed by atoms with Crippen LogP contribution in [0.3, 0.4) is 0 Å². The number of fused-ring (bicyclic) bond motifs is 1. The lowest BCUT2D eigenvalue weighted by molar-refractivity contribution is 0.476. The van der Waals surface area contributed by atoms with Crippen molar-refractivity contribution < 1.29 is 5.11 Å². The van der Waals surface area contributed by atoms with Gasteiger partial charge < -0.3 is 5.11 Å². The summed E-state index contributed by atoms with van der Waals surface area (Å²) in [5.41, 5.74) is 1.65. The van der Waals surface area contributed by atoms with Crippen molar-refractivity contribution >= 4 is 26.8 Å². The summed E-state index contributed by atoms with van der Waals surface area (Å²) in [6.07, 6.45) is 0. The van der Waals surface area contributed by atoms with Gasteiger partial charge in [-0.25, -0.2) is 9.97 Å². The zero-order valence-electron chi connectivity index (χ0n) is 6.95. The Bertz CT molecular complexity index is 465. The van der Waals surface area contributed by atoms with Crippen LogP contribution >= 0.6 is 15.9 Å². The molecule has 0 atom stereocenters. The lowest BCUT2D eigenvalue weighted by atomic mass is 10.2. The summed E-state index contributed by atoms with van der Waals surface area (Å²) in [7, 11) is 0. The van der Waals surface area contributed by atoms with Gasteiger partial charge in [-0.1, -0.05) is 0 Å². The van der Waals surface area contributed by atoms with Crippen molar-refractivity contribution in [2.45, 2.75) is 6.92 Å². The van der Waals surface area contributed by atoms with E-state index in [-0.39, 0.29) is 5.75 Å². The van der Waals surface area contributed by atoms with E-state index in [0.717, 1.165) is 16.6 Å². The second kappa shape index (κ2) is 2.96. The molecule has 2 rings (SSSR count). The van der Waals surface area contributed by atoms with E-state index in [9.17, 15) is 5.11 Å². The van der Waals surface area contributed by atoms with E-state index in [1.165, 1.54) is 0 Å². The Balaban J connectivity index is 2.86. The Morgan fingerprint density at radius 3 is 2.85 bits per heavy atom. The van der Waals surface area contributed by atoms with Gasteiger partial charge in [-0.2, -0.15) is 0 Å². The normalized spacial score (nSPS) is 10.6. The molecule has 0 bridgehead atoms. The lowest BCUT2D eigenvalue weighted by Gasteiger charge is -2.01. The number of benzene rings is 1. The smallest absolute Gasteiger partial charge is 0.197 e. The van der Waals surface area contributed by atoms with E-state index >= 15 is 0 Å². The summed E-state index contributed by atoms with van der Waals surface area (Å²) in [4.78, 5) is 8.30. The molecule has 0 aliphatic carbocycles. The van der Waals surface area contributed by atoms with E-state index in [1.54, 1.807) is 12.1 Å². The molecule has 2 aromatic rings. The van der Waals surface area contributed by atoms with Crippen LogP contribution in [0.15, 0.2) is 22.9 Å². The summed E-state index contributed by atoms with van der Waals surface area (Å²) >= 11 is 3.20. The minimum absolute atomic E-state index is 0.220. The Morgan fingerprint density at radius 2 is 2.08 bits per heavy atom. The molecule has 4 heteroatoms. The fourth-order valence-electron chi connectivity index (χ4n) is 1.24. The Hall–Kier alpha value is -1.16. The first kappa shape index (κ1) is 8.44. The number of aromatic nitrogens is 2. The number of phenols is 1. The van der Waals surface area contributed by atoms with Crippen LogP contribution in [0.2, 0.25) is 0 Å². The van der Waals surface area contributed by atoms with Crippen LogP contribution in [0.4, 0.5) is 0 Å². The van der Waals surface area contributed by atoms with Crippen LogP contribution in [-0.2, 0) is 0 Å². The molecule has 1 N–H and O–H groups in total. The number of hydrogen-bond acceptors (Lipinski definition) is 3. The van der Waals surface area contributed by atoms with Crippen molar-refractivity contribution in [1.29, 1.82) is 0 Å². The molecule has 0 saturated heterocycles. The minimum atomic E-state index is 0.220. The Labute approximate surface area is 83.6 Å². The quantitative estimate of drug-likeness (QED) is 0.718. The van der Waals surface area contributed by atoms with Gasteiger partial charge in [-0.05, 0) is 35.0 Å². The van der Waals surface area contributed by atoms with Crippen LogP contribution in [0.1, 0.15) is 5.69 Å². The average molecular weight is 239 g/mol. The van der Waals surface area contributed by atoms with E-state index < -0.39 is 0 Å². The number of nitrogens with zero attached hydrogens (tertiary/aromatic N) is 2. The maximum atomic E-state index is 9.24. The fraction of sp³-hybridized carbons (Fsp3) is 0.111. The molecule has 0 radical (unpaired) electrons. The molecule has 13 heavy (non-hydrogen) atoms. The standard InChI is InChI=1S/C9H7BrN2O/c1-5-7-3-2-6(13)4-8(7)12-9(10)11-5/h2-4,13H,1H3. The highest BCUT2D eigenvalue weighted by Crippen LogP contribution is 2.21. The van der Waals surface area contributed by atoms with E-state index in [0.29, 0.717) is 4.73 Å². The maximum Gasteiger partial charge on any atom is 0.197 e. The molecular formula is C9H7BrN2O. The summed E-state index contributed by atoms with van der Waals surface area (Å²) in [6, 6.07) is 5.06. The van der Waals surface area contributed by atoms with Gasteiger partial charge >= 0.3 is 0 Å². The average Bonchev–Trinajstić information content (AvgIpc) is 2.02. The van der Waals surface area contributed by atoms with Crippen molar-refractivity contribution in [3.05, 3.63) is 28.6 Å². The molecule has 1 aromatic carbocycles. The number of aryl methyl sites for hydroxylation is 1. The number of phenolic OH excluding ortho intramolecular Hbond substituents is 1. The molecule has 0 amide bonds. The third kappa shape index (κ3) is 1.49. The van der Waals surface area contributed by atoms with Gasteiger partial charge in [0, 0.05) is 17.1 Å². The van der Waals surface area contributed by atoms with Gasteiger partial charge in [0.2, 0.25) is 0 Å². The van der Waals surface area contributed by atoms with Gasteiger partial charge in [-0.3, -0.25) is 0 Å². The lowest BCUT2D eigenvalue weighted by Crippen LogP contribution is -1.89. The minimum Gasteiger partial charge on any atom is -0.508 e. The summed E-state index contributed by atoms with van der Waals surface area (Å²) in [5.74, 6) is 0.220. The van der Waals surface area contributed by atoms with Gasteiger partial charge in [0.05, 0.1) is 5.52 Å². The van der Waals surface area contributed by atoms with Crippen LogP contribution in [-0.4, -0.2) is 15.1 Å². The monoisotopic (exact) mass is 238 g/mol. The molecular weight excluding hydrogens is 232 g/mol. The topological polar surface area (TPSA) is 46.0 Å². The molecule has 3 nitrogen and oxygen atoms in total. The van der Waals surface area contributed by atoms with Crippen molar-refractivity contribution in [3.8, 4) is 5.75 Å². The van der Waals surface area contributed by atoms with Crippen molar-refractivity contribution in [2.75, 3.05) is 0 Å². The van der Waals surface area contributed by atoms with Crippen LogP contribution in [0.5, 0.6) is 5.75 Å². The van der Waals surface area contributed by atoms with E-state index in [4.69, 9.17) is 0 Å². The van der Waals surface area contributed by atoms with Gasteiger partial charge in [0.1, 0.15) is 5.75 Å². The van der Waals surface area contributed by atoms with Gasteiger partial charge in [0.25, 0.3) is 0 Å². The van der Waals surface area contributed by atoms with Crippen LogP contribution in [0, 0.1) is 6.92 Å². The third-order valence-corrected chi connectivity index (χ3v) is 2.20. The highest BCUT2D eigenvalue weighted by Gasteiger charge is 2.02. The SMILES string of the molecule is Cc1nc(Br)nc2cc(O)ccc12. The Kier molecular flexibility index (Phi) is 1.92. The predicted octanol–water partition coefficient (Wildman–Crippen LogP) is 2.41. The molecule has 66 valence electrons. The van der Waals surface area contributed by atoms with Crippen molar-refractivity contribution in [1.82, 2.24) is 9.97 Å². The molecule has 1 heterocycles. The van der Waals surface area contributed by atoms with E-state index in [2.05, 4.69) is 25.9 Å². The highest BCUT2D eigenvalue weighted by molar-refractivity contribution is 9.10.